The quantitative estimate of drug-likeness (QED) is 0.509. The van der Waals surface area contributed by atoms with Gasteiger partial charge >= 0.3 is 0 Å². The van der Waals surface area contributed by atoms with Gasteiger partial charge in [0.05, 0.1) is 11.7 Å². The van der Waals surface area contributed by atoms with Gasteiger partial charge in [-0.15, -0.1) is 0 Å². The Hall–Kier alpha value is -3.13. The molecule has 0 aliphatic rings. The second-order valence-corrected chi connectivity index (χ2v) is 6.58. The molecule has 28 heavy (non-hydrogen) atoms. The summed E-state index contributed by atoms with van der Waals surface area (Å²) < 4.78 is 11.1. The lowest BCUT2D eigenvalue weighted by atomic mass is 10.2. The van der Waals surface area contributed by atoms with E-state index in [0.29, 0.717) is 17.1 Å². The topological polar surface area (TPSA) is 88.7 Å². The van der Waals surface area contributed by atoms with Crippen LogP contribution in [0.15, 0.2) is 48.5 Å². The normalized spacial score (nSPS) is 10.1. The third-order valence-electron chi connectivity index (χ3n) is 3.49. The molecule has 0 saturated carbocycles. The molecule has 3 N–H and O–H groups in total. The highest BCUT2D eigenvalue weighted by atomic mass is 32.1. The van der Waals surface area contributed by atoms with Crippen molar-refractivity contribution in [2.24, 2.45) is 0 Å². The summed E-state index contributed by atoms with van der Waals surface area (Å²) in [6.07, 6.45) is -0.0773. The number of hydrogen-bond donors (Lipinski definition) is 3. The molecule has 7 nitrogen and oxygen atoms in total. The molecule has 0 fully saturated rings. The summed E-state index contributed by atoms with van der Waals surface area (Å²) >= 11 is 5.04. The summed E-state index contributed by atoms with van der Waals surface area (Å²) in [5, 5.41) is 2.45. The van der Waals surface area contributed by atoms with Crippen LogP contribution in [0.1, 0.15) is 29.8 Å². The number of hydrogen-bond acceptors (Lipinski definition) is 5. The number of benzene rings is 2. The molecule has 8 heteroatoms. The predicted molar refractivity (Wildman–Crippen MR) is 110 cm³/mol. The zero-order valence-corrected chi connectivity index (χ0v) is 16.8. The summed E-state index contributed by atoms with van der Waals surface area (Å²) in [7, 11) is 0. The maximum Gasteiger partial charge on any atom is 0.276 e. The summed E-state index contributed by atoms with van der Waals surface area (Å²) in [6.45, 7) is 5.43. The number of aryl methyl sites for hydroxylation is 1. The molecule has 0 bridgehead atoms. The maximum atomic E-state index is 12.4. The van der Waals surface area contributed by atoms with Crippen LogP contribution in [0.4, 0.5) is 0 Å². The second kappa shape index (κ2) is 10.3. The molecule has 0 aliphatic heterocycles. The molecule has 0 atom stereocenters. The molecular weight excluding hydrogens is 378 g/mol. The molecule has 0 heterocycles. The van der Waals surface area contributed by atoms with Gasteiger partial charge in [-0.1, -0.05) is 30.3 Å². The first kappa shape index (κ1) is 21.2. The lowest BCUT2D eigenvalue weighted by Gasteiger charge is -2.15. The number of nitrogens with one attached hydrogen (secondary N) is 3. The van der Waals surface area contributed by atoms with E-state index in [1.165, 1.54) is 0 Å². The standard InChI is InChI=1S/C20H23N3O4S/c1-13(2)27-17-11-7-5-9-15(17)19(25)21-20(28)23-22-18(24)12-26-16-10-6-4-8-14(16)3/h4-11,13H,12H2,1-3H3,(H,22,24)(H2,21,23,25,28). The van der Waals surface area contributed by atoms with E-state index in [4.69, 9.17) is 21.7 Å². The molecule has 0 unspecified atom stereocenters. The Morgan fingerprint density at radius 3 is 2.32 bits per heavy atom. The Morgan fingerprint density at radius 1 is 1.00 bits per heavy atom. The summed E-state index contributed by atoms with van der Waals surface area (Å²) in [4.78, 5) is 24.3. The molecule has 2 aromatic carbocycles. The van der Waals surface area contributed by atoms with Crippen molar-refractivity contribution >= 4 is 29.1 Å². The lowest BCUT2D eigenvalue weighted by Crippen LogP contribution is -2.49. The Bertz CT molecular complexity index is 855. The number of carbonyl (C=O) groups excluding carboxylic acids is 2. The third-order valence-corrected chi connectivity index (χ3v) is 3.69. The van der Waals surface area contributed by atoms with Crippen molar-refractivity contribution in [3.05, 3.63) is 59.7 Å². The van der Waals surface area contributed by atoms with Crippen LogP contribution >= 0.6 is 12.2 Å². The minimum absolute atomic E-state index is 0.0476. The second-order valence-electron chi connectivity index (χ2n) is 6.17. The number of amides is 2. The van der Waals surface area contributed by atoms with Crippen LogP contribution in [0.2, 0.25) is 0 Å². The van der Waals surface area contributed by atoms with Crippen LogP contribution in [0, 0.1) is 6.92 Å². The zero-order valence-electron chi connectivity index (χ0n) is 15.9. The highest BCUT2D eigenvalue weighted by molar-refractivity contribution is 7.80. The van der Waals surface area contributed by atoms with Crippen LogP contribution in [0.25, 0.3) is 0 Å². The van der Waals surface area contributed by atoms with E-state index in [2.05, 4.69) is 16.2 Å². The van der Waals surface area contributed by atoms with E-state index in [1.807, 2.05) is 39.0 Å². The van der Waals surface area contributed by atoms with Gasteiger partial charge in [-0.3, -0.25) is 25.8 Å². The zero-order chi connectivity index (χ0) is 20.5. The van der Waals surface area contributed by atoms with Gasteiger partial charge in [-0.2, -0.15) is 0 Å². The van der Waals surface area contributed by atoms with Crippen molar-refractivity contribution in [1.29, 1.82) is 0 Å². The van der Waals surface area contributed by atoms with Gasteiger partial charge in [0.15, 0.2) is 11.7 Å². The fourth-order valence-corrected chi connectivity index (χ4v) is 2.38. The molecule has 0 aliphatic carbocycles. The van der Waals surface area contributed by atoms with Gasteiger partial charge < -0.3 is 9.47 Å². The van der Waals surface area contributed by atoms with Crippen molar-refractivity contribution < 1.29 is 19.1 Å². The van der Waals surface area contributed by atoms with E-state index in [9.17, 15) is 9.59 Å². The van der Waals surface area contributed by atoms with Crippen molar-refractivity contribution in [1.82, 2.24) is 16.2 Å². The van der Waals surface area contributed by atoms with Crippen LogP contribution in [0.3, 0.4) is 0 Å². The molecule has 0 saturated heterocycles. The molecule has 148 valence electrons. The average molecular weight is 401 g/mol. The monoisotopic (exact) mass is 401 g/mol. The maximum absolute atomic E-state index is 12.4. The van der Waals surface area contributed by atoms with Gasteiger partial charge in [-0.05, 0) is 56.8 Å². The minimum atomic E-state index is -0.445. The number of carbonyl (C=O) groups is 2. The first-order chi connectivity index (χ1) is 13.4. The van der Waals surface area contributed by atoms with Crippen LogP contribution < -0.4 is 25.6 Å². The van der Waals surface area contributed by atoms with Crippen molar-refractivity contribution in [2.75, 3.05) is 6.61 Å². The highest BCUT2D eigenvalue weighted by Crippen LogP contribution is 2.19. The number of rotatable bonds is 6. The fourth-order valence-electron chi connectivity index (χ4n) is 2.24. The van der Waals surface area contributed by atoms with Crippen LogP contribution in [-0.2, 0) is 4.79 Å². The molecule has 0 radical (unpaired) electrons. The van der Waals surface area contributed by atoms with Crippen LogP contribution in [-0.4, -0.2) is 29.6 Å². The summed E-state index contributed by atoms with van der Waals surface area (Å²) in [6, 6.07) is 14.2. The predicted octanol–water partition coefficient (Wildman–Crippen LogP) is 2.50. The van der Waals surface area contributed by atoms with E-state index in [-0.39, 0.29) is 17.8 Å². The Kier molecular flexibility index (Phi) is 7.76. The number of thiocarbonyl (C=S) groups is 1. The third kappa shape index (κ3) is 6.55. The Labute approximate surface area is 169 Å². The van der Waals surface area contributed by atoms with Crippen molar-refractivity contribution in [2.45, 2.75) is 26.9 Å². The van der Waals surface area contributed by atoms with Gasteiger partial charge in [0.1, 0.15) is 11.5 Å². The number of ether oxygens (including phenoxy) is 2. The van der Waals surface area contributed by atoms with Gasteiger partial charge in [0.25, 0.3) is 11.8 Å². The van der Waals surface area contributed by atoms with Gasteiger partial charge in [0.2, 0.25) is 0 Å². The highest BCUT2D eigenvalue weighted by Gasteiger charge is 2.14. The summed E-state index contributed by atoms with van der Waals surface area (Å²) in [5.41, 5.74) is 6.11. The van der Waals surface area contributed by atoms with E-state index < -0.39 is 11.8 Å². The molecular formula is C20H23N3O4S. The Balaban J connectivity index is 1.81. The van der Waals surface area contributed by atoms with Crippen molar-refractivity contribution in [3.8, 4) is 11.5 Å². The first-order valence-electron chi connectivity index (χ1n) is 8.71. The number of hydrazine groups is 1. The fraction of sp³-hybridized carbons (Fsp3) is 0.250. The van der Waals surface area contributed by atoms with Gasteiger partial charge in [-0.25, -0.2) is 0 Å². The van der Waals surface area contributed by atoms with Crippen LogP contribution in [0.5, 0.6) is 11.5 Å². The lowest BCUT2D eigenvalue weighted by molar-refractivity contribution is -0.123. The largest absolute Gasteiger partial charge is 0.490 e. The van der Waals surface area contributed by atoms with Gasteiger partial charge in [0, 0.05) is 0 Å². The molecule has 2 rings (SSSR count). The van der Waals surface area contributed by atoms with Crippen molar-refractivity contribution in [3.63, 3.8) is 0 Å². The Morgan fingerprint density at radius 2 is 1.64 bits per heavy atom. The SMILES string of the molecule is Cc1ccccc1OCC(=O)NNC(=S)NC(=O)c1ccccc1OC(C)C. The van der Waals surface area contributed by atoms with E-state index in [1.54, 1.807) is 30.3 Å². The van der Waals surface area contributed by atoms with E-state index in [0.717, 1.165) is 5.56 Å². The molecule has 2 amide bonds. The van der Waals surface area contributed by atoms with E-state index >= 15 is 0 Å². The smallest absolute Gasteiger partial charge is 0.276 e. The molecule has 0 spiro atoms. The number of para-hydroxylation sites is 2. The minimum Gasteiger partial charge on any atom is -0.490 e. The first-order valence-corrected chi connectivity index (χ1v) is 9.12. The summed E-state index contributed by atoms with van der Waals surface area (Å²) in [5.74, 6) is 0.186. The molecule has 0 aromatic heterocycles. The average Bonchev–Trinajstić information content (AvgIpc) is 2.65. The molecule has 2 aromatic rings.